The number of nitrogens with one attached hydrogen (secondary N) is 1. The molecule has 1 heterocycles. The molecule has 104 valence electrons. The Morgan fingerprint density at radius 3 is 2.53 bits per heavy atom. The molecule has 0 atom stereocenters. The van der Waals surface area contributed by atoms with E-state index >= 15 is 0 Å². The van der Waals surface area contributed by atoms with Crippen molar-refractivity contribution in [1.29, 1.82) is 0 Å². The van der Waals surface area contributed by atoms with Crippen LogP contribution in [-0.4, -0.2) is 25.0 Å². The van der Waals surface area contributed by atoms with Crippen LogP contribution in [0.25, 0.3) is 0 Å². The lowest BCUT2D eigenvalue weighted by atomic mass is 9.90. The highest BCUT2D eigenvalue weighted by Gasteiger charge is 2.40. The minimum Gasteiger partial charge on any atom is -0.379 e. The summed E-state index contributed by atoms with van der Waals surface area (Å²) in [6.45, 7) is 1.38. The SMILES string of the molecule is Fc1cccc(Br)c1NC1CCC2(CC1)OCCO2. The van der Waals surface area contributed by atoms with Crippen molar-refractivity contribution in [3.05, 3.63) is 28.5 Å². The molecule has 1 aliphatic carbocycles. The van der Waals surface area contributed by atoms with Gasteiger partial charge in [0.2, 0.25) is 0 Å². The molecular weight excluding hydrogens is 313 g/mol. The second-order valence-electron chi connectivity index (χ2n) is 5.12. The van der Waals surface area contributed by atoms with E-state index in [-0.39, 0.29) is 17.6 Å². The van der Waals surface area contributed by atoms with Crippen molar-refractivity contribution in [1.82, 2.24) is 0 Å². The maximum absolute atomic E-state index is 13.8. The molecule has 1 saturated heterocycles. The first-order valence-corrected chi connectivity index (χ1v) is 7.46. The zero-order chi connectivity index (χ0) is 13.3. The monoisotopic (exact) mass is 329 g/mol. The van der Waals surface area contributed by atoms with Gasteiger partial charge in [0.15, 0.2) is 5.79 Å². The molecule has 1 aromatic carbocycles. The molecule has 0 radical (unpaired) electrons. The highest BCUT2D eigenvalue weighted by atomic mass is 79.9. The van der Waals surface area contributed by atoms with Gasteiger partial charge in [-0.1, -0.05) is 6.07 Å². The molecule has 1 N–H and O–H groups in total. The fourth-order valence-electron chi connectivity index (χ4n) is 2.83. The Morgan fingerprint density at radius 1 is 1.21 bits per heavy atom. The van der Waals surface area contributed by atoms with E-state index in [1.165, 1.54) is 6.07 Å². The van der Waals surface area contributed by atoms with Crippen molar-refractivity contribution < 1.29 is 13.9 Å². The summed E-state index contributed by atoms with van der Waals surface area (Å²) in [7, 11) is 0. The van der Waals surface area contributed by atoms with E-state index in [9.17, 15) is 4.39 Å². The topological polar surface area (TPSA) is 30.5 Å². The van der Waals surface area contributed by atoms with Crippen LogP contribution in [-0.2, 0) is 9.47 Å². The zero-order valence-corrected chi connectivity index (χ0v) is 12.2. The van der Waals surface area contributed by atoms with Crippen LogP contribution in [0.3, 0.4) is 0 Å². The third kappa shape index (κ3) is 2.78. The van der Waals surface area contributed by atoms with E-state index < -0.39 is 0 Å². The predicted octanol–water partition coefficient (Wildman–Crippen LogP) is 3.69. The van der Waals surface area contributed by atoms with E-state index in [1.807, 2.05) is 6.07 Å². The third-order valence-corrected chi connectivity index (χ3v) is 4.53. The quantitative estimate of drug-likeness (QED) is 0.897. The first-order chi connectivity index (χ1) is 9.19. The van der Waals surface area contributed by atoms with Crippen LogP contribution in [0.5, 0.6) is 0 Å². The molecular formula is C14H17BrFNO2. The van der Waals surface area contributed by atoms with Crippen LogP contribution in [0.15, 0.2) is 22.7 Å². The number of halogens is 2. The number of benzene rings is 1. The molecule has 5 heteroatoms. The van der Waals surface area contributed by atoms with Gasteiger partial charge in [0.1, 0.15) is 5.82 Å². The van der Waals surface area contributed by atoms with Gasteiger partial charge < -0.3 is 14.8 Å². The van der Waals surface area contributed by atoms with Crippen molar-refractivity contribution in [3.63, 3.8) is 0 Å². The van der Waals surface area contributed by atoms with E-state index in [4.69, 9.17) is 9.47 Å². The second kappa shape index (κ2) is 5.38. The lowest BCUT2D eigenvalue weighted by Crippen LogP contribution is -2.39. The van der Waals surface area contributed by atoms with Crippen LogP contribution in [0.2, 0.25) is 0 Å². The lowest BCUT2D eigenvalue weighted by Gasteiger charge is -2.36. The average molecular weight is 330 g/mol. The van der Waals surface area contributed by atoms with Crippen molar-refractivity contribution in [2.75, 3.05) is 18.5 Å². The van der Waals surface area contributed by atoms with Crippen LogP contribution < -0.4 is 5.32 Å². The van der Waals surface area contributed by atoms with Gasteiger partial charge in [0.25, 0.3) is 0 Å². The third-order valence-electron chi connectivity index (χ3n) is 3.87. The van der Waals surface area contributed by atoms with E-state index in [1.54, 1.807) is 6.07 Å². The average Bonchev–Trinajstić information content (AvgIpc) is 2.85. The summed E-state index contributed by atoms with van der Waals surface area (Å²) in [6, 6.07) is 5.28. The van der Waals surface area contributed by atoms with E-state index in [2.05, 4.69) is 21.2 Å². The van der Waals surface area contributed by atoms with E-state index in [0.717, 1.165) is 30.2 Å². The first kappa shape index (κ1) is 13.3. The Kier molecular flexibility index (Phi) is 3.78. The zero-order valence-electron chi connectivity index (χ0n) is 10.6. The minimum absolute atomic E-state index is 0.219. The summed E-state index contributed by atoms with van der Waals surface area (Å²) in [5.74, 6) is -0.576. The molecule has 1 aliphatic heterocycles. The summed E-state index contributed by atoms with van der Waals surface area (Å²) in [4.78, 5) is 0. The van der Waals surface area contributed by atoms with Gasteiger partial charge in [0.05, 0.1) is 18.9 Å². The lowest BCUT2D eigenvalue weighted by molar-refractivity contribution is -0.177. The molecule has 19 heavy (non-hydrogen) atoms. The number of rotatable bonds is 2. The predicted molar refractivity (Wildman–Crippen MR) is 74.6 cm³/mol. The Hall–Kier alpha value is -0.650. The molecule has 2 fully saturated rings. The number of anilines is 1. The molecule has 3 nitrogen and oxygen atoms in total. The summed E-state index contributed by atoms with van der Waals surface area (Å²) in [6.07, 6.45) is 3.61. The summed E-state index contributed by atoms with van der Waals surface area (Å²) in [5, 5.41) is 3.29. The summed E-state index contributed by atoms with van der Waals surface area (Å²) in [5.41, 5.74) is 0.553. The van der Waals surface area contributed by atoms with Crippen LogP contribution in [0, 0.1) is 5.82 Å². The number of para-hydroxylation sites is 1. The van der Waals surface area contributed by atoms with Gasteiger partial charge in [-0.3, -0.25) is 0 Å². The maximum atomic E-state index is 13.8. The number of hydrogen-bond donors (Lipinski definition) is 1. The van der Waals surface area contributed by atoms with Gasteiger partial charge in [-0.25, -0.2) is 4.39 Å². The summed E-state index contributed by atoms with van der Waals surface area (Å²) < 4.78 is 25.9. The summed E-state index contributed by atoms with van der Waals surface area (Å²) >= 11 is 3.38. The molecule has 3 rings (SSSR count). The van der Waals surface area contributed by atoms with Gasteiger partial charge in [-0.2, -0.15) is 0 Å². The molecule has 0 amide bonds. The normalized spacial score (nSPS) is 22.8. The molecule has 0 bridgehead atoms. The van der Waals surface area contributed by atoms with Crippen molar-refractivity contribution in [2.24, 2.45) is 0 Å². The Balaban J connectivity index is 1.63. The molecule has 0 unspecified atom stereocenters. The van der Waals surface area contributed by atoms with Crippen LogP contribution in [0.1, 0.15) is 25.7 Å². The highest BCUT2D eigenvalue weighted by molar-refractivity contribution is 9.10. The Morgan fingerprint density at radius 2 is 1.89 bits per heavy atom. The number of hydrogen-bond acceptors (Lipinski definition) is 3. The second-order valence-corrected chi connectivity index (χ2v) is 5.98. The molecule has 1 saturated carbocycles. The van der Waals surface area contributed by atoms with Crippen LogP contribution in [0.4, 0.5) is 10.1 Å². The smallest absolute Gasteiger partial charge is 0.168 e. The fourth-order valence-corrected chi connectivity index (χ4v) is 3.28. The largest absolute Gasteiger partial charge is 0.379 e. The molecule has 1 spiro atoms. The van der Waals surface area contributed by atoms with Gasteiger partial charge in [-0.05, 0) is 40.9 Å². The number of ether oxygens (including phenoxy) is 2. The van der Waals surface area contributed by atoms with E-state index in [0.29, 0.717) is 18.9 Å². The van der Waals surface area contributed by atoms with Crippen molar-refractivity contribution >= 4 is 21.6 Å². The fraction of sp³-hybridized carbons (Fsp3) is 0.571. The van der Waals surface area contributed by atoms with Crippen LogP contribution >= 0.6 is 15.9 Å². The van der Waals surface area contributed by atoms with Gasteiger partial charge in [0, 0.05) is 23.4 Å². The van der Waals surface area contributed by atoms with Crippen molar-refractivity contribution in [2.45, 2.75) is 37.5 Å². The van der Waals surface area contributed by atoms with Gasteiger partial charge in [-0.15, -0.1) is 0 Å². The minimum atomic E-state index is -0.357. The van der Waals surface area contributed by atoms with Gasteiger partial charge >= 0.3 is 0 Å². The standard InChI is InChI=1S/C14H17BrFNO2/c15-11-2-1-3-12(16)13(11)17-10-4-6-14(7-5-10)18-8-9-19-14/h1-3,10,17H,4-9H2. The Labute approximate surface area is 120 Å². The maximum Gasteiger partial charge on any atom is 0.168 e. The highest BCUT2D eigenvalue weighted by Crippen LogP contribution is 2.37. The first-order valence-electron chi connectivity index (χ1n) is 6.67. The molecule has 1 aromatic rings. The molecule has 2 aliphatic rings. The molecule has 0 aromatic heterocycles. The Bertz CT molecular complexity index is 433. The van der Waals surface area contributed by atoms with Crippen molar-refractivity contribution in [3.8, 4) is 0 Å².